The van der Waals surface area contributed by atoms with Gasteiger partial charge in [-0.15, -0.1) is 0 Å². The number of amides is 1. The van der Waals surface area contributed by atoms with Crippen molar-refractivity contribution in [1.82, 2.24) is 4.98 Å². The molecule has 20 heavy (non-hydrogen) atoms. The van der Waals surface area contributed by atoms with Crippen LogP contribution < -0.4 is 5.32 Å². The third-order valence-electron chi connectivity index (χ3n) is 2.44. The number of halogens is 4. The number of carbonyl (C=O) groups is 1. The Morgan fingerprint density at radius 1 is 1.20 bits per heavy atom. The molecule has 1 aromatic carbocycles. The number of alkyl halides is 3. The number of aromatic nitrogens is 1. The Bertz CT molecular complexity index is 644. The Labute approximate surface area is 126 Å². The lowest BCUT2D eigenvalue weighted by molar-refractivity contribution is -0.137. The monoisotopic (exact) mass is 392 g/mol. The number of pyridine rings is 1. The Balaban J connectivity index is 2.24. The van der Waals surface area contributed by atoms with Crippen molar-refractivity contribution < 1.29 is 18.0 Å². The van der Waals surface area contributed by atoms with Gasteiger partial charge in [-0.2, -0.15) is 13.2 Å². The lowest BCUT2D eigenvalue weighted by Crippen LogP contribution is -2.16. The van der Waals surface area contributed by atoms with Crippen molar-refractivity contribution in [3.05, 3.63) is 57.4 Å². The van der Waals surface area contributed by atoms with Crippen molar-refractivity contribution in [2.75, 3.05) is 5.32 Å². The number of anilines is 1. The molecule has 7 heteroatoms. The van der Waals surface area contributed by atoms with Gasteiger partial charge < -0.3 is 5.32 Å². The highest BCUT2D eigenvalue weighted by Gasteiger charge is 2.31. The van der Waals surface area contributed by atoms with Crippen LogP contribution in [0.4, 0.5) is 18.9 Å². The van der Waals surface area contributed by atoms with E-state index in [9.17, 15) is 18.0 Å². The fourth-order valence-electron chi connectivity index (χ4n) is 1.48. The zero-order chi connectivity index (χ0) is 14.8. The first kappa shape index (κ1) is 14.8. The fourth-order valence-corrected chi connectivity index (χ4v) is 2.00. The molecule has 2 rings (SSSR count). The second-order valence-electron chi connectivity index (χ2n) is 3.86. The molecular formula is C13H8F3IN2O. The third-order valence-corrected chi connectivity index (χ3v) is 3.38. The van der Waals surface area contributed by atoms with Gasteiger partial charge >= 0.3 is 6.18 Å². The highest BCUT2D eigenvalue weighted by Crippen LogP contribution is 2.29. The van der Waals surface area contributed by atoms with Gasteiger partial charge in [-0.05, 0) is 46.9 Å². The third kappa shape index (κ3) is 3.47. The summed E-state index contributed by atoms with van der Waals surface area (Å²) in [4.78, 5) is 15.6. The van der Waals surface area contributed by atoms with Gasteiger partial charge in [0, 0.05) is 9.77 Å². The lowest BCUT2D eigenvalue weighted by atomic mass is 10.2. The molecule has 0 aliphatic heterocycles. The van der Waals surface area contributed by atoms with Crippen LogP contribution in [0.2, 0.25) is 0 Å². The summed E-state index contributed by atoms with van der Waals surface area (Å²) in [5.41, 5.74) is -0.655. The van der Waals surface area contributed by atoms with Crippen molar-refractivity contribution in [3.8, 4) is 0 Å². The van der Waals surface area contributed by atoms with Gasteiger partial charge in [-0.1, -0.05) is 12.1 Å². The van der Waals surface area contributed by atoms with Crippen molar-refractivity contribution in [1.29, 1.82) is 0 Å². The molecule has 0 bridgehead atoms. The van der Waals surface area contributed by atoms with E-state index < -0.39 is 17.6 Å². The van der Waals surface area contributed by atoms with Crippen LogP contribution in [0, 0.1) is 3.57 Å². The van der Waals surface area contributed by atoms with Gasteiger partial charge in [-0.25, -0.2) is 0 Å². The predicted molar refractivity (Wildman–Crippen MR) is 76.4 cm³/mol. The number of rotatable bonds is 2. The average molecular weight is 392 g/mol. The molecule has 0 atom stereocenters. The Kier molecular flexibility index (Phi) is 4.26. The number of nitrogens with one attached hydrogen (secondary N) is 1. The van der Waals surface area contributed by atoms with Crippen LogP contribution >= 0.6 is 22.6 Å². The normalized spacial score (nSPS) is 11.2. The van der Waals surface area contributed by atoms with E-state index >= 15 is 0 Å². The van der Waals surface area contributed by atoms with E-state index in [-0.39, 0.29) is 5.69 Å². The van der Waals surface area contributed by atoms with E-state index in [2.05, 4.69) is 10.3 Å². The topological polar surface area (TPSA) is 42.0 Å². The minimum Gasteiger partial charge on any atom is -0.320 e. The first-order valence-electron chi connectivity index (χ1n) is 5.47. The van der Waals surface area contributed by atoms with Crippen LogP contribution in [-0.2, 0) is 6.18 Å². The highest BCUT2D eigenvalue weighted by atomic mass is 127. The SMILES string of the molecule is O=C(Nc1ccccc1I)c1cc(C(F)(F)F)ccn1. The Morgan fingerprint density at radius 3 is 2.55 bits per heavy atom. The molecule has 0 saturated heterocycles. The fraction of sp³-hybridized carbons (Fsp3) is 0.0769. The van der Waals surface area contributed by atoms with E-state index in [0.717, 1.165) is 21.9 Å². The van der Waals surface area contributed by atoms with E-state index in [1.165, 1.54) is 0 Å². The molecular weight excluding hydrogens is 384 g/mol. The van der Waals surface area contributed by atoms with Gasteiger partial charge in [0.2, 0.25) is 0 Å². The van der Waals surface area contributed by atoms with Crippen LogP contribution in [0.1, 0.15) is 16.1 Å². The van der Waals surface area contributed by atoms with Crippen LogP contribution in [-0.4, -0.2) is 10.9 Å². The molecule has 104 valence electrons. The molecule has 0 saturated carbocycles. The number of carbonyl (C=O) groups excluding carboxylic acids is 1. The average Bonchev–Trinajstić information content (AvgIpc) is 2.40. The summed E-state index contributed by atoms with van der Waals surface area (Å²) in [6.07, 6.45) is -3.53. The van der Waals surface area contributed by atoms with Crippen molar-refractivity contribution in [2.24, 2.45) is 0 Å². The second kappa shape index (κ2) is 5.78. The molecule has 2 aromatic rings. The smallest absolute Gasteiger partial charge is 0.320 e. The zero-order valence-corrected chi connectivity index (χ0v) is 12.1. The summed E-state index contributed by atoms with van der Waals surface area (Å²) >= 11 is 2.02. The van der Waals surface area contributed by atoms with E-state index in [1.807, 2.05) is 22.6 Å². The molecule has 0 unspecified atom stereocenters. The van der Waals surface area contributed by atoms with Crippen LogP contribution in [0.5, 0.6) is 0 Å². The minimum atomic E-state index is -4.50. The van der Waals surface area contributed by atoms with Crippen LogP contribution in [0.25, 0.3) is 0 Å². The quantitative estimate of drug-likeness (QED) is 0.787. The lowest BCUT2D eigenvalue weighted by Gasteiger charge is -2.09. The largest absolute Gasteiger partial charge is 0.416 e. The molecule has 0 radical (unpaired) electrons. The summed E-state index contributed by atoms with van der Waals surface area (Å²) in [6.45, 7) is 0. The molecule has 0 aliphatic rings. The zero-order valence-electron chi connectivity index (χ0n) is 9.91. The molecule has 0 spiro atoms. The van der Waals surface area contributed by atoms with E-state index in [0.29, 0.717) is 5.69 Å². The molecule has 0 aliphatic carbocycles. The summed E-state index contributed by atoms with van der Waals surface area (Å²) < 4.78 is 38.5. The van der Waals surface area contributed by atoms with Crippen LogP contribution in [0.3, 0.4) is 0 Å². The molecule has 1 N–H and O–H groups in total. The van der Waals surface area contributed by atoms with Gasteiger partial charge in [0.15, 0.2) is 0 Å². The van der Waals surface area contributed by atoms with Crippen molar-refractivity contribution in [2.45, 2.75) is 6.18 Å². The van der Waals surface area contributed by atoms with Gasteiger partial charge in [0.1, 0.15) is 5.69 Å². The number of hydrogen-bond acceptors (Lipinski definition) is 2. The molecule has 3 nitrogen and oxygen atoms in total. The second-order valence-corrected chi connectivity index (χ2v) is 5.02. The molecule has 1 heterocycles. The van der Waals surface area contributed by atoms with E-state index in [1.54, 1.807) is 24.3 Å². The first-order chi connectivity index (χ1) is 9.38. The number of benzene rings is 1. The predicted octanol–water partition coefficient (Wildman–Crippen LogP) is 3.96. The summed E-state index contributed by atoms with van der Waals surface area (Å²) in [7, 11) is 0. The summed E-state index contributed by atoms with van der Waals surface area (Å²) in [5.74, 6) is -0.680. The Hall–Kier alpha value is -1.64. The first-order valence-corrected chi connectivity index (χ1v) is 6.55. The number of hydrogen-bond donors (Lipinski definition) is 1. The van der Waals surface area contributed by atoms with Gasteiger partial charge in [-0.3, -0.25) is 9.78 Å². The molecule has 1 amide bonds. The number of nitrogens with zero attached hydrogens (tertiary/aromatic N) is 1. The standard InChI is InChI=1S/C13H8F3IN2O/c14-13(15,16)8-5-6-18-11(7-8)12(20)19-10-4-2-1-3-9(10)17/h1-7H,(H,19,20). The maximum atomic E-state index is 12.6. The maximum Gasteiger partial charge on any atom is 0.416 e. The summed E-state index contributed by atoms with van der Waals surface area (Å²) in [5, 5.41) is 2.53. The highest BCUT2D eigenvalue weighted by molar-refractivity contribution is 14.1. The molecule has 1 aromatic heterocycles. The van der Waals surface area contributed by atoms with Crippen molar-refractivity contribution >= 4 is 34.2 Å². The van der Waals surface area contributed by atoms with Crippen LogP contribution in [0.15, 0.2) is 42.6 Å². The summed E-state index contributed by atoms with van der Waals surface area (Å²) in [6, 6.07) is 8.49. The van der Waals surface area contributed by atoms with Gasteiger partial charge in [0.05, 0.1) is 11.3 Å². The maximum absolute atomic E-state index is 12.6. The molecule has 0 fully saturated rings. The van der Waals surface area contributed by atoms with Gasteiger partial charge in [0.25, 0.3) is 5.91 Å². The van der Waals surface area contributed by atoms with E-state index in [4.69, 9.17) is 0 Å². The number of para-hydroxylation sites is 1. The van der Waals surface area contributed by atoms with Crippen molar-refractivity contribution in [3.63, 3.8) is 0 Å². The minimum absolute atomic E-state index is 0.278. The Morgan fingerprint density at radius 2 is 1.90 bits per heavy atom.